The number of hydrogen-bond acceptors (Lipinski definition) is 4. The number of carbonyl (C=O) groups is 3. The second-order valence-corrected chi connectivity index (χ2v) is 4.06. The third-order valence-electron chi connectivity index (χ3n) is 2.76. The number of imide groups is 1. The van der Waals surface area contributed by atoms with E-state index in [9.17, 15) is 14.4 Å². The molecule has 7 nitrogen and oxygen atoms in total. The van der Waals surface area contributed by atoms with Crippen molar-refractivity contribution in [2.75, 3.05) is 26.7 Å². The first-order valence-electron chi connectivity index (χ1n) is 6.49. The molecule has 0 heterocycles. The zero-order valence-corrected chi connectivity index (χ0v) is 12.1. The van der Waals surface area contributed by atoms with Crippen molar-refractivity contribution in [2.24, 2.45) is 0 Å². The molecule has 0 saturated carbocycles. The molecule has 0 aromatic carbocycles. The molecule has 0 radical (unpaired) electrons. The standard InChI is InChI=1S/C12H24N4O3/c1-5-16(6-2)10(17)7-8-14-9(3)11(18)15-12(19)13-4/h9,14H,5-8H2,1-4H3,(H2,13,15,18,19). The molecule has 0 saturated heterocycles. The number of amides is 4. The summed E-state index contributed by atoms with van der Waals surface area (Å²) in [4.78, 5) is 35.9. The quantitative estimate of drug-likeness (QED) is 0.592. The van der Waals surface area contributed by atoms with Gasteiger partial charge in [-0.1, -0.05) is 0 Å². The Balaban J connectivity index is 3.97. The molecule has 19 heavy (non-hydrogen) atoms. The molecule has 0 spiro atoms. The van der Waals surface area contributed by atoms with Gasteiger partial charge in [0.25, 0.3) is 0 Å². The van der Waals surface area contributed by atoms with Crippen molar-refractivity contribution in [3.63, 3.8) is 0 Å². The minimum absolute atomic E-state index is 0.0522. The topological polar surface area (TPSA) is 90.5 Å². The zero-order valence-electron chi connectivity index (χ0n) is 12.1. The molecular formula is C12H24N4O3. The van der Waals surface area contributed by atoms with Crippen molar-refractivity contribution < 1.29 is 14.4 Å². The van der Waals surface area contributed by atoms with Gasteiger partial charge in [-0.2, -0.15) is 0 Å². The van der Waals surface area contributed by atoms with Crippen LogP contribution in [-0.2, 0) is 9.59 Å². The van der Waals surface area contributed by atoms with Crippen molar-refractivity contribution >= 4 is 17.8 Å². The van der Waals surface area contributed by atoms with Crippen LogP contribution in [0.15, 0.2) is 0 Å². The van der Waals surface area contributed by atoms with Crippen LogP contribution in [0.4, 0.5) is 4.79 Å². The summed E-state index contributed by atoms with van der Waals surface area (Å²) >= 11 is 0. The smallest absolute Gasteiger partial charge is 0.321 e. The SMILES string of the molecule is CCN(CC)C(=O)CCNC(C)C(=O)NC(=O)NC. The summed E-state index contributed by atoms with van der Waals surface area (Å²) in [6.07, 6.45) is 0.333. The predicted molar refractivity (Wildman–Crippen MR) is 72.6 cm³/mol. The summed E-state index contributed by atoms with van der Waals surface area (Å²) in [7, 11) is 1.43. The maximum atomic E-state index is 11.7. The third-order valence-corrected chi connectivity index (χ3v) is 2.76. The zero-order chi connectivity index (χ0) is 14.8. The largest absolute Gasteiger partial charge is 0.343 e. The van der Waals surface area contributed by atoms with Crippen LogP contribution in [0.2, 0.25) is 0 Å². The Bertz CT molecular complexity index is 316. The van der Waals surface area contributed by atoms with Crippen LogP contribution in [0.1, 0.15) is 27.2 Å². The highest BCUT2D eigenvalue weighted by molar-refractivity contribution is 5.96. The average Bonchev–Trinajstić information content (AvgIpc) is 2.39. The minimum atomic E-state index is -0.544. The summed E-state index contributed by atoms with van der Waals surface area (Å²) in [6.45, 7) is 7.25. The molecule has 4 amide bonds. The molecule has 0 aromatic rings. The number of carbonyl (C=O) groups excluding carboxylic acids is 3. The summed E-state index contributed by atoms with van der Waals surface area (Å²) in [5, 5.41) is 7.37. The van der Waals surface area contributed by atoms with Crippen LogP contribution in [0.5, 0.6) is 0 Å². The lowest BCUT2D eigenvalue weighted by Crippen LogP contribution is -2.48. The van der Waals surface area contributed by atoms with Gasteiger partial charge in [0.05, 0.1) is 6.04 Å². The molecular weight excluding hydrogens is 248 g/mol. The second-order valence-electron chi connectivity index (χ2n) is 4.06. The van der Waals surface area contributed by atoms with E-state index in [2.05, 4.69) is 16.0 Å². The first-order valence-corrected chi connectivity index (χ1v) is 6.49. The van der Waals surface area contributed by atoms with E-state index in [4.69, 9.17) is 0 Å². The fourth-order valence-electron chi connectivity index (χ4n) is 1.51. The van der Waals surface area contributed by atoms with E-state index in [0.29, 0.717) is 26.1 Å². The van der Waals surface area contributed by atoms with Gasteiger partial charge in [-0.25, -0.2) is 4.79 Å². The Morgan fingerprint density at radius 3 is 2.21 bits per heavy atom. The van der Waals surface area contributed by atoms with Gasteiger partial charge >= 0.3 is 6.03 Å². The first-order chi connectivity index (χ1) is 8.96. The van der Waals surface area contributed by atoms with Crippen LogP contribution in [-0.4, -0.2) is 55.5 Å². The van der Waals surface area contributed by atoms with E-state index in [1.54, 1.807) is 11.8 Å². The number of nitrogens with one attached hydrogen (secondary N) is 3. The number of rotatable bonds is 7. The monoisotopic (exact) mass is 272 g/mol. The molecule has 0 aromatic heterocycles. The van der Waals surface area contributed by atoms with Crippen LogP contribution < -0.4 is 16.0 Å². The Kier molecular flexibility index (Phi) is 8.52. The molecule has 1 unspecified atom stereocenters. The van der Waals surface area contributed by atoms with Gasteiger partial charge in [0.15, 0.2) is 0 Å². The van der Waals surface area contributed by atoms with Gasteiger partial charge in [0.2, 0.25) is 11.8 Å². The van der Waals surface area contributed by atoms with Gasteiger partial charge in [0.1, 0.15) is 0 Å². The molecule has 7 heteroatoms. The van der Waals surface area contributed by atoms with E-state index < -0.39 is 18.0 Å². The maximum Gasteiger partial charge on any atom is 0.321 e. The second kappa shape index (κ2) is 9.32. The molecule has 0 aliphatic heterocycles. The van der Waals surface area contributed by atoms with Crippen LogP contribution in [0.25, 0.3) is 0 Å². The van der Waals surface area contributed by atoms with Gasteiger partial charge in [0, 0.05) is 33.1 Å². The van der Waals surface area contributed by atoms with Gasteiger partial charge in [-0.15, -0.1) is 0 Å². The van der Waals surface area contributed by atoms with Crippen LogP contribution >= 0.6 is 0 Å². The molecule has 0 aliphatic carbocycles. The minimum Gasteiger partial charge on any atom is -0.343 e. The van der Waals surface area contributed by atoms with Gasteiger partial charge < -0.3 is 15.5 Å². The highest BCUT2D eigenvalue weighted by atomic mass is 16.2. The van der Waals surface area contributed by atoms with E-state index >= 15 is 0 Å². The van der Waals surface area contributed by atoms with Crippen molar-refractivity contribution in [3.8, 4) is 0 Å². The molecule has 0 aliphatic rings. The molecule has 110 valence electrons. The maximum absolute atomic E-state index is 11.7. The Morgan fingerprint density at radius 2 is 1.74 bits per heavy atom. The van der Waals surface area contributed by atoms with Crippen molar-refractivity contribution in [3.05, 3.63) is 0 Å². The lowest BCUT2D eigenvalue weighted by Gasteiger charge is -2.19. The molecule has 3 N–H and O–H groups in total. The van der Waals surface area contributed by atoms with Crippen LogP contribution in [0, 0.1) is 0 Å². The molecule has 1 atom stereocenters. The third kappa shape index (κ3) is 6.76. The summed E-state index contributed by atoms with van der Waals surface area (Å²) in [5.41, 5.74) is 0. The highest BCUT2D eigenvalue weighted by Gasteiger charge is 2.15. The normalized spacial score (nSPS) is 11.6. The van der Waals surface area contributed by atoms with E-state index in [-0.39, 0.29) is 5.91 Å². The Hall–Kier alpha value is -1.63. The van der Waals surface area contributed by atoms with E-state index in [0.717, 1.165) is 0 Å². The Labute approximate surface area is 114 Å². The molecule has 0 bridgehead atoms. The summed E-state index contributed by atoms with van der Waals surface area (Å²) in [5.74, 6) is -0.369. The van der Waals surface area contributed by atoms with Gasteiger partial charge in [-0.3, -0.25) is 14.9 Å². The number of hydrogen-bond donors (Lipinski definition) is 3. The van der Waals surface area contributed by atoms with Gasteiger partial charge in [-0.05, 0) is 20.8 Å². The van der Waals surface area contributed by atoms with Crippen molar-refractivity contribution in [2.45, 2.75) is 33.2 Å². The summed E-state index contributed by atoms with van der Waals surface area (Å²) in [6, 6.07) is -1.07. The lowest BCUT2D eigenvalue weighted by atomic mass is 10.3. The highest BCUT2D eigenvalue weighted by Crippen LogP contribution is 1.93. The lowest BCUT2D eigenvalue weighted by molar-refractivity contribution is -0.131. The fourth-order valence-corrected chi connectivity index (χ4v) is 1.51. The van der Waals surface area contributed by atoms with Crippen molar-refractivity contribution in [1.82, 2.24) is 20.9 Å². The predicted octanol–water partition coefficient (Wildman–Crippen LogP) is -0.321. The van der Waals surface area contributed by atoms with E-state index in [1.807, 2.05) is 13.8 Å². The van der Waals surface area contributed by atoms with Crippen LogP contribution in [0.3, 0.4) is 0 Å². The van der Waals surface area contributed by atoms with E-state index in [1.165, 1.54) is 7.05 Å². The van der Waals surface area contributed by atoms with Crippen molar-refractivity contribution in [1.29, 1.82) is 0 Å². The molecule has 0 rings (SSSR count). The Morgan fingerprint density at radius 1 is 1.16 bits per heavy atom. The summed E-state index contributed by atoms with van der Waals surface area (Å²) < 4.78 is 0. The number of nitrogens with zero attached hydrogens (tertiary/aromatic N) is 1. The fraction of sp³-hybridized carbons (Fsp3) is 0.750. The number of urea groups is 1. The molecule has 0 fully saturated rings. The average molecular weight is 272 g/mol. The first kappa shape index (κ1) is 17.4.